The van der Waals surface area contributed by atoms with E-state index in [1.54, 1.807) is 0 Å². The molecule has 0 amide bonds. The van der Waals surface area contributed by atoms with Gasteiger partial charge in [-0.15, -0.1) is 0 Å². The Bertz CT molecular complexity index is 433. The van der Waals surface area contributed by atoms with Crippen LogP contribution in [0.3, 0.4) is 0 Å². The average Bonchev–Trinajstić information content (AvgIpc) is 2.66. The number of benzene rings is 1. The summed E-state index contributed by atoms with van der Waals surface area (Å²) in [5, 5.41) is 3.50. The van der Waals surface area contributed by atoms with E-state index in [1.807, 2.05) is 12.1 Å². The van der Waals surface area contributed by atoms with E-state index in [2.05, 4.69) is 38.2 Å². The Morgan fingerprint density at radius 1 is 1.15 bits per heavy atom. The lowest BCUT2D eigenvalue weighted by molar-refractivity contribution is 0.0968. The van der Waals surface area contributed by atoms with Crippen LogP contribution in [0.2, 0.25) is 0 Å². The van der Waals surface area contributed by atoms with E-state index in [0.29, 0.717) is 12.5 Å². The SMILES string of the molecule is CC(C)(C)c1ccc(C(=O)CC2CCCCCN2)cc1. The first-order chi connectivity index (χ1) is 9.47. The molecule has 1 atom stereocenters. The van der Waals surface area contributed by atoms with Gasteiger partial charge in [0.15, 0.2) is 5.78 Å². The maximum Gasteiger partial charge on any atom is 0.164 e. The van der Waals surface area contributed by atoms with Crippen molar-refractivity contribution in [3.8, 4) is 0 Å². The molecule has 0 radical (unpaired) electrons. The van der Waals surface area contributed by atoms with E-state index in [1.165, 1.54) is 24.8 Å². The highest BCUT2D eigenvalue weighted by atomic mass is 16.1. The molecule has 1 aliphatic rings. The minimum atomic E-state index is 0.143. The predicted molar refractivity (Wildman–Crippen MR) is 84.3 cm³/mol. The third kappa shape index (κ3) is 4.17. The number of carbonyl (C=O) groups is 1. The molecule has 0 aromatic heterocycles. The lowest BCUT2D eigenvalue weighted by Crippen LogP contribution is -2.30. The van der Waals surface area contributed by atoms with E-state index >= 15 is 0 Å². The molecular formula is C18H27NO. The summed E-state index contributed by atoms with van der Waals surface area (Å²) >= 11 is 0. The molecule has 0 aliphatic carbocycles. The number of ketones is 1. The summed E-state index contributed by atoms with van der Waals surface area (Å²) in [4.78, 5) is 12.3. The summed E-state index contributed by atoms with van der Waals surface area (Å²) in [6, 6.07) is 8.52. The van der Waals surface area contributed by atoms with Gasteiger partial charge in [-0.05, 0) is 30.4 Å². The second-order valence-electron chi connectivity index (χ2n) is 6.96. The average molecular weight is 273 g/mol. The molecule has 1 aromatic carbocycles. The number of nitrogens with one attached hydrogen (secondary N) is 1. The molecular weight excluding hydrogens is 246 g/mol. The number of Topliss-reactive ketones (excluding diaryl/α,β-unsaturated/α-hetero) is 1. The molecule has 2 nitrogen and oxygen atoms in total. The molecule has 1 heterocycles. The Hall–Kier alpha value is -1.15. The van der Waals surface area contributed by atoms with Gasteiger partial charge < -0.3 is 5.32 Å². The normalized spacial score (nSPS) is 20.4. The largest absolute Gasteiger partial charge is 0.314 e. The molecule has 2 rings (SSSR count). The van der Waals surface area contributed by atoms with Gasteiger partial charge in [0.1, 0.15) is 0 Å². The molecule has 1 aliphatic heterocycles. The highest BCUT2D eigenvalue weighted by Crippen LogP contribution is 2.23. The third-order valence-electron chi connectivity index (χ3n) is 4.17. The van der Waals surface area contributed by atoms with Crippen LogP contribution in [0.5, 0.6) is 0 Å². The zero-order valence-electron chi connectivity index (χ0n) is 13.0. The van der Waals surface area contributed by atoms with Crippen LogP contribution in [0.4, 0.5) is 0 Å². The lowest BCUT2D eigenvalue weighted by atomic mass is 9.86. The van der Waals surface area contributed by atoms with Gasteiger partial charge in [-0.1, -0.05) is 57.9 Å². The van der Waals surface area contributed by atoms with Crippen LogP contribution in [0, 0.1) is 0 Å². The van der Waals surface area contributed by atoms with Crippen LogP contribution >= 0.6 is 0 Å². The smallest absolute Gasteiger partial charge is 0.164 e. The van der Waals surface area contributed by atoms with Crippen molar-refractivity contribution in [2.24, 2.45) is 0 Å². The van der Waals surface area contributed by atoms with Crippen LogP contribution in [0.15, 0.2) is 24.3 Å². The van der Waals surface area contributed by atoms with Crippen molar-refractivity contribution in [3.05, 3.63) is 35.4 Å². The Morgan fingerprint density at radius 2 is 1.85 bits per heavy atom. The standard InChI is InChI=1S/C18H27NO/c1-18(2,3)15-10-8-14(9-11-15)17(20)13-16-7-5-4-6-12-19-16/h8-11,16,19H,4-7,12-13H2,1-3H3. The molecule has 2 heteroatoms. The maximum atomic E-state index is 12.3. The molecule has 1 saturated heterocycles. The topological polar surface area (TPSA) is 29.1 Å². The van der Waals surface area contributed by atoms with Crippen molar-refractivity contribution in [2.75, 3.05) is 6.54 Å². The van der Waals surface area contributed by atoms with Gasteiger partial charge in [0, 0.05) is 18.0 Å². The summed E-state index contributed by atoms with van der Waals surface area (Å²) in [6.07, 6.45) is 5.54. The first-order valence-electron chi connectivity index (χ1n) is 7.84. The van der Waals surface area contributed by atoms with E-state index < -0.39 is 0 Å². The van der Waals surface area contributed by atoms with Crippen LogP contribution in [-0.4, -0.2) is 18.4 Å². The molecule has 0 saturated carbocycles. The Kier molecular flexibility index (Phi) is 4.98. The fourth-order valence-electron chi connectivity index (χ4n) is 2.77. The van der Waals surface area contributed by atoms with Crippen molar-refractivity contribution in [2.45, 2.75) is 64.3 Å². The van der Waals surface area contributed by atoms with Gasteiger partial charge in [-0.25, -0.2) is 0 Å². The van der Waals surface area contributed by atoms with Crippen LogP contribution in [-0.2, 0) is 5.41 Å². The van der Waals surface area contributed by atoms with Crippen molar-refractivity contribution >= 4 is 5.78 Å². The molecule has 0 spiro atoms. The molecule has 1 aromatic rings. The van der Waals surface area contributed by atoms with E-state index in [-0.39, 0.29) is 11.2 Å². The molecule has 110 valence electrons. The Morgan fingerprint density at radius 3 is 2.50 bits per heavy atom. The zero-order valence-corrected chi connectivity index (χ0v) is 13.0. The number of rotatable bonds is 3. The quantitative estimate of drug-likeness (QED) is 0.840. The molecule has 20 heavy (non-hydrogen) atoms. The monoisotopic (exact) mass is 273 g/mol. The van der Waals surface area contributed by atoms with Crippen LogP contribution in [0.1, 0.15) is 68.8 Å². The minimum Gasteiger partial charge on any atom is -0.314 e. The number of carbonyl (C=O) groups excluding carboxylic acids is 1. The van der Waals surface area contributed by atoms with Crippen molar-refractivity contribution in [1.82, 2.24) is 5.32 Å². The second-order valence-corrected chi connectivity index (χ2v) is 6.96. The lowest BCUT2D eigenvalue weighted by Gasteiger charge is -2.19. The Balaban J connectivity index is 1.98. The first kappa shape index (κ1) is 15.2. The predicted octanol–water partition coefficient (Wildman–Crippen LogP) is 4.09. The fraction of sp³-hybridized carbons (Fsp3) is 0.611. The van der Waals surface area contributed by atoms with E-state index in [9.17, 15) is 4.79 Å². The van der Waals surface area contributed by atoms with Gasteiger partial charge in [0.2, 0.25) is 0 Å². The van der Waals surface area contributed by atoms with Crippen molar-refractivity contribution in [1.29, 1.82) is 0 Å². The molecule has 0 bridgehead atoms. The summed E-state index contributed by atoms with van der Waals surface area (Å²) in [7, 11) is 0. The Labute approximate surface area is 123 Å². The minimum absolute atomic E-state index is 0.143. The summed E-state index contributed by atoms with van der Waals surface area (Å²) < 4.78 is 0. The maximum absolute atomic E-state index is 12.3. The fourth-order valence-corrected chi connectivity index (χ4v) is 2.77. The molecule has 1 fully saturated rings. The number of hydrogen-bond donors (Lipinski definition) is 1. The number of hydrogen-bond acceptors (Lipinski definition) is 2. The summed E-state index contributed by atoms with van der Waals surface area (Å²) in [5.74, 6) is 0.268. The van der Waals surface area contributed by atoms with Crippen LogP contribution in [0.25, 0.3) is 0 Å². The highest BCUT2D eigenvalue weighted by molar-refractivity contribution is 5.96. The van der Waals surface area contributed by atoms with Crippen LogP contribution < -0.4 is 5.32 Å². The van der Waals surface area contributed by atoms with E-state index in [4.69, 9.17) is 0 Å². The highest BCUT2D eigenvalue weighted by Gasteiger charge is 2.18. The van der Waals surface area contributed by atoms with Gasteiger partial charge in [0.05, 0.1) is 0 Å². The molecule has 1 N–H and O–H groups in total. The van der Waals surface area contributed by atoms with Gasteiger partial charge in [-0.3, -0.25) is 4.79 Å². The van der Waals surface area contributed by atoms with E-state index in [0.717, 1.165) is 18.5 Å². The van der Waals surface area contributed by atoms with Crippen molar-refractivity contribution in [3.63, 3.8) is 0 Å². The summed E-state index contributed by atoms with van der Waals surface area (Å²) in [5.41, 5.74) is 2.27. The zero-order chi connectivity index (χ0) is 14.6. The first-order valence-corrected chi connectivity index (χ1v) is 7.84. The van der Waals surface area contributed by atoms with Gasteiger partial charge in [0.25, 0.3) is 0 Å². The van der Waals surface area contributed by atoms with Gasteiger partial charge in [-0.2, -0.15) is 0 Å². The van der Waals surface area contributed by atoms with Crippen molar-refractivity contribution < 1.29 is 4.79 Å². The third-order valence-corrected chi connectivity index (χ3v) is 4.17. The van der Waals surface area contributed by atoms with Gasteiger partial charge >= 0.3 is 0 Å². The molecule has 1 unspecified atom stereocenters. The summed E-state index contributed by atoms with van der Waals surface area (Å²) in [6.45, 7) is 7.64. The second kappa shape index (κ2) is 6.53.